The van der Waals surface area contributed by atoms with Crippen LogP contribution in [0.5, 0.6) is 0 Å². The summed E-state index contributed by atoms with van der Waals surface area (Å²) in [7, 11) is 0. The van der Waals surface area contributed by atoms with E-state index in [4.69, 9.17) is 4.74 Å². The van der Waals surface area contributed by atoms with Gasteiger partial charge in [-0.3, -0.25) is 4.79 Å². The molecule has 0 unspecified atom stereocenters. The van der Waals surface area contributed by atoms with Crippen LogP contribution in [0.2, 0.25) is 0 Å². The van der Waals surface area contributed by atoms with Gasteiger partial charge in [-0.25, -0.2) is 9.37 Å². The van der Waals surface area contributed by atoms with Crippen molar-refractivity contribution in [1.82, 2.24) is 10.3 Å². The molecule has 0 aliphatic carbocycles. The number of halogens is 1. The lowest BCUT2D eigenvalue weighted by molar-refractivity contribution is 0.0909. The molecule has 1 heterocycles. The number of hydrogen-bond acceptors (Lipinski definition) is 4. The zero-order chi connectivity index (χ0) is 15.5. The molecule has 1 aromatic heterocycles. The fraction of sp³-hybridized carbons (Fsp3) is 0.600. The van der Waals surface area contributed by atoms with E-state index in [0.717, 1.165) is 19.3 Å². The number of rotatable bonds is 10. The van der Waals surface area contributed by atoms with Gasteiger partial charge in [-0.2, -0.15) is 0 Å². The van der Waals surface area contributed by atoms with Crippen molar-refractivity contribution in [1.29, 1.82) is 0 Å². The van der Waals surface area contributed by atoms with E-state index >= 15 is 0 Å². The Balaban J connectivity index is 2.46. The Bertz CT molecular complexity index is 441. The van der Waals surface area contributed by atoms with E-state index < -0.39 is 11.7 Å². The highest BCUT2D eigenvalue weighted by Gasteiger charge is 2.15. The van der Waals surface area contributed by atoms with Gasteiger partial charge in [0.05, 0.1) is 12.2 Å². The summed E-state index contributed by atoms with van der Waals surface area (Å²) < 4.78 is 19.4. The molecule has 0 aromatic carbocycles. The molecule has 0 atom stereocenters. The zero-order valence-electron chi connectivity index (χ0n) is 12.7. The molecular formula is C15H24FN3O2. The molecule has 21 heavy (non-hydrogen) atoms. The molecular weight excluding hydrogens is 273 g/mol. The van der Waals surface area contributed by atoms with E-state index in [-0.39, 0.29) is 11.4 Å². The molecule has 0 aliphatic rings. The standard InChI is InChI=1S/C15H24FN3O2/c1-3-5-10-21-11-9-19-15(20)12-6-8-18-14(13(12)16)17-7-4-2/h6,8H,3-5,7,9-11H2,1-2H3,(H,17,18)(H,19,20). The maximum Gasteiger partial charge on any atom is 0.254 e. The third-order valence-corrected chi connectivity index (χ3v) is 2.85. The number of ether oxygens (including phenoxy) is 1. The minimum absolute atomic E-state index is 0.00263. The molecule has 0 spiro atoms. The minimum Gasteiger partial charge on any atom is -0.380 e. The Labute approximate surface area is 125 Å². The van der Waals surface area contributed by atoms with Gasteiger partial charge in [0.25, 0.3) is 5.91 Å². The summed E-state index contributed by atoms with van der Waals surface area (Å²) in [5.41, 5.74) is -0.00263. The van der Waals surface area contributed by atoms with Crippen LogP contribution >= 0.6 is 0 Å². The highest BCUT2D eigenvalue weighted by atomic mass is 19.1. The van der Waals surface area contributed by atoms with E-state index in [0.29, 0.717) is 26.3 Å². The molecule has 0 saturated heterocycles. The third kappa shape index (κ3) is 6.08. The molecule has 0 fully saturated rings. The molecule has 0 saturated carbocycles. The second-order valence-electron chi connectivity index (χ2n) is 4.67. The van der Waals surface area contributed by atoms with Crippen LogP contribution in [-0.4, -0.2) is 37.2 Å². The lowest BCUT2D eigenvalue weighted by atomic mass is 10.2. The first-order valence-corrected chi connectivity index (χ1v) is 7.45. The number of nitrogens with one attached hydrogen (secondary N) is 2. The number of amides is 1. The summed E-state index contributed by atoms with van der Waals surface area (Å²) in [5, 5.41) is 5.50. The van der Waals surface area contributed by atoms with Crippen LogP contribution in [0.1, 0.15) is 43.5 Å². The minimum atomic E-state index is -0.615. The number of carbonyl (C=O) groups is 1. The molecule has 0 aliphatic heterocycles. The van der Waals surface area contributed by atoms with E-state index in [1.165, 1.54) is 12.3 Å². The molecule has 118 valence electrons. The molecule has 5 nitrogen and oxygen atoms in total. The maximum atomic E-state index is 14.1. The predicted octanol–water partition coefficient (Wildman–Crippen LogP) is 2.59. The fourth-order valence-corrected chi connectivity index (χ4v) is 1.67. The van der Waals surface area contributed by atoms with E-state index in [2.05, 4.69) is 22.5 Å². The second kappa shape index (κ2) is 10.1. The molecule has 1 aromatic rings. The lowest BCUT2D eigenvalue weighted by Crippen LogP contribution is -2.28. The number of hydrogen-bond donors (Lipinski definition) is 2. The van der Waals surface area contributed by atoms with Crippen LogP contribution in [0.3, 0.4) is 0 Å². The molecule has 6 heteroatoms. The Morgan fingerprint density at radius 1 is 1.29 bits per heavy atom. The van der Waals surface area contributed by atoms with Gasteiger partial charge in [-0.1, -0.05) is 20.3 Å². The smallest absolute Gasteiger partial charge is 0.254 e. The Kier molecular flexibility index (Phi) is 8.35. The van der Waals surface area contributed by atoms with Crippen molar-refractivity contribution in [2.45, 2.75) is 33.1 Å². The first-order chi connectivity index (χ1) is 10.2. The summed E-state index contributed by atoms with van der Waals surface area (Å²) in [5.74, 6) is -0.951. The van der Waals surface area contributed by atoms with Gasteiger partial charge in [0.2, 0.25) is 0 Å². The largest absolute Gasteiger partial charge is 0.380 e. The van der Waals surface area contributed by atoms with E-state index in [9.17, 15) is 9.18 Å². The average molecular weight is 297 g/mol. The van der Waals surface area contributed by atoms with Crippen LogP contribution in [0.4, 0.5) is 10.2 Å². The van der Waals surface area contributed by atoms with Crippen molar-refractivity contribution in [3.8, 4) is 0 Å². The van der Waals surface area contributed by atoms with Crippen LogP contribution in [0.15, 0.2) is 12.3 Å². The number of nitrogens with zero attached hydrogens (tertiary/aromatic N) is 1. The lowest BCUT2D eigenvalue weighted by Gasteiger charge is -2.10. The number of aromatic nitrogens is 1. The van der Waals surface area contributed by atoms with Gasteiger partial charge in [-0.15, -0.1) is 0 Å². The molecule has 1 amide bonds. The Morgan fingerprint density at radius 2 is 2.10 bits per heavy atom. The topological polar surface area (TPSA) is 63.2 Å². The third-order valence-electron chi connectivity index (χ3n) is 2.85. The number of carbonyl (C=O) groups excluding carboxylic acids is 1. The summed E-state index contributed by atoms with van der Waals surface area (Å²) >= 11 is 0. The highest BCUT2D eigenvalue weighted by Crippen LogP contribution is 2.14. The quantitative estimate of drug-likeness (QED) is 0.652. The maximum absolute atomic E-state index is 14.1. The van der Waals surface area contributed by atoms with Gasteiger partial charge in [0.15, 0.2) is 11.6 Å². The summed E-state index contributed by atoms with van der Waals surface area (Å²) in [6.07, 6.45) is 4.35. The number of pyridine rings is 1. The normalized spacial score (nSPS) is 10.4. The Morgan fingerprint density at radius 3 is 2.81 bits per heavy atom. The van der Waals surface area contributed by atoms with Crippen molar-refractivity contribution in [2.75, 3.05) is 31.6 Å². The SMILES string of the molecule is CCCCOCCNC(=O)c1ccnc(NCCC)c1F. The van der Waals surface area contributed by atoms with Crippen molar-refractivity contribution in [2.24, 2.45) is 0 Å². The molecule has 0 radical (unpaired) electrons. The average Bonchev–Trinajstić information content (AvgIpc) is 2.49. The second-order valence-corrected chi connectivity index (χ2v) is 4.67. The van der Waals surface area contributed by atoms with Gasteiger partial charge in [0.1, 0.15) is 0 Å². The predicted molar refractivity (Wildman–Crippen MR) is 81.0 cm³/mol. The fourth-order valence-electron chi connectivity index (χ4n) is 1.67. The summed E-state index contributed by atoms with van der Waals surface area (Å²) in [6, 6.07) is 1.37. The first-order valence-electron chi connectivity index (χ1n) is 7.45. The van der Waals surface area contributed by atoms with E-state index in [1.807, 2.05) is 6.92 Å². The Hall–Kier alpha value is -1.69. The van der Waals surface area contributed by atoms with Gasteiger partial charge in [0, 0.05) is 25.9 Å². The summed E-state index contributed by atoms with van der Waals surface area (Å²) in [6.45, 7) is 6.14. The van der Waals surface area contributed by atoms with Gasteiger partial charge >= 0.3 is 0 Å². The van der Waals surface area contributed by atoms with Crippen molar-refractivity contribution in [3.05, 3.63) is 23.6 Å². The highest BCUT2D eigenvalue weighted by molar-refractivity contribution is 5.95. The summed E-state index contributed by atoms with van der Waals surface area (Å²) in [4.78, 5) is 15.8. The molecule has 2 N–H and O–H groups in total. The van der Waals surface area contributed by atoms with E-state index in [1.54, 1.807) is 0 Å². The monoisotopic (exact) mass is 297 g/mol. The van der Waals surface area contributed by atoms with Crippen molar-refractivity contribution in [3.63, 3.8) is 0 Å². The number of anilines is 1. The molecule has 0 bridgehead atoms. The zero-order valence-corrected chi connectivity index (χ0v) is 12.7. The van der Waals surface area contributed by atoms with Crippen LogP contribution < -0.4 is 10.6 Å². The van der Waals surface area contributed by atoms with Crippen molar-refractivity contribution >= 4 is 11.7 Å². The number of unbranched alkanes of at least 4 members (excludes halogenated alkanes) is 1. The van der Waals surface area contributed by atoms with Crippen LogP contribution in [0, 0.1) is 5.82 Å². The van der Waals surface area contributed by atoms with Gasteiger partial charge in [-0.05, 0) is 18.9 Å². The molecule has 1 rings (SSSR count). The van der Waals surface area contributed by atoms with Crippen LogP contribution in [0.25, 0.3) is 0 Å². The van der Waals surface area contributed by atoms with Crippen LogP contribution in [-0.2, 0) is 4.74 Å². The van der Waals surface area contributed by atoms with Gasteiger partial charge < -0.3 is 15.4 Å². The van der Waals surface area contributed by atoms with Crippen molar-refractivity contribution < 1.29 is 13.9 Å². The first kappa shape index (κ1) is 17.4.